The number of morpholine rings is 1. The first-order valence-corrected chi connectivity index (χ1v) is 9.22. The molecule has 0 unspecified atom stereocenters. The summed E-state index contributed by atoms with van der Waals surface area (Å²) in [6, 6.07) is 2.83. The van der Waals surface area contributed by atoms with Crippen molar-refractivity contribution in [1.29, 1.82) is 5.26 Å². The van der Waals surface area contributed by atoms with E-state index in [1.807, 2.05) is 4.90 Å². The molecule has 2 heterocycles. The number of rotatable bonds is 3. The second kappa shape index (κ2) is 7.19. The molecule has 0 aromatic heterocycles. The van der Waals surface area contributed by atoms with E-state index in [0.29, 0.717) is 12.0 Å². The van der Waals surface area contributed by atoms with Gasteiger partial charge in [-0.05, 0) is 18.8 Å². The van der Waals surface area contributed by atoms with Crippen molar-refractivity contribution >= 4 is 5.91 Å². The number of nitrogens with zero attached hydrogens (tertiary/aromatic N) is 3. The third-order valence-electron chi connectivity index (χ3n) is 6.06. The molecule has 3 rings (SSSR count). The molecule has 0 spiro atoms. The van der Waals surface area contributed by atoms with Gasteiger partial charge >= 0.3 is 0 Å². The maximum Gasteiger partial charge on any atom is 0.243 e. The van der Waals surface area contributed by atoms with Gasteiger partial charge < -0.3 is 9.64 Å². The molecule has 128 valence electrons. The van der Waals surface area contributed by atoms with Gasteiger partial charge in [0.25, 0.3) is 0 Å². The third-order valence-corrected chi connectivity index (χ3v) is 6.06. The van der Waals surface area contributed by atoms with Crippen LogP contribution >= 0.6 is 0 Å². The van der Waals surface area contributed by atoms with Crippen LogP contribution in [0.4, 0.5) is 0 Å². The Bertz CT molecular complexity index is 461. The lowest BCUT2D eigenvalue weighted by atomic mass is 9.74. The second-order valence-electron chi connectivity index (χ2n) is 7.35. The van der Waals surface area contributed by atoms with Gasteiger partial charge in [0, 0.05) is 32.2 Å². The summed E-state index contributed by atoms with van der Waals surface area (Å²) in [5, 5.41) is 9.69. The Morgan fingerprint density at radius 3 is 2.52 bits per heavy atom. The number of hydrogen-bond acceptors (Lipinski definition) is 4. The topological polar surface area (TPSA) is 56.6 Å². The number of carbonyl (C=O) groups is 1. The Hall–Kier alpha value is -1.12. The average molecular weight is 319 g/mol. The fourth-order valence-corrected chi connectivity index (χ4v) is 4.58. The molecule has 0 bridgehead atoms. The fraction of sp³-hybridized carbons (Fsp3) is 0.889. The first-order valence-electron chi connectivity index (χ1n) is 9.22. The van der Waals surface area contributed by atoms with E-state index >= 15 is 0 Å². The fourth-order valence-electron chi connectivity index (χ4n) is 4.58. The van der Waals surface area contributed by atoms with Crippen molar-refractivity contribution in [1.82, 2.24) is 9.80 Å². The van der Waals surface area contributed by atoms with Crippen molar-refractivity contribution in [2.75, 3.05) is 39.4 Å². The lowest BCUT2D eigenvalue weighted by Crippen LogP contribution is -2.48. The SMILES string of the molecule is CC[C@@H]1CN(C(=O)C2(C#N)CCCCC2)C[C@@H]1N1CCOCC1. The zero-order valence-electron chi connectivity index (χ0n) is 14.3. The van der Waals surface area contributed by atoms with Crippen LogP contribution in [0.3, 0.4) is 0 Å². The van der Waals surface area contributed by atoms with Gasteiger partial charge in [0.15, 0.2) is 0 Å². The van der Waals surface area contributed by atoms with Crippen LogP contribution in [-0.2, 0) is 9.53 Å². The van der Waals surface area contributed by atoms with Gasteiger partial charge in [-0.1, -0.05) is 32.6 Å². The normalized spacial score (nSPS) is 31.7. The van der Waals surface area contributed by atoms with Crippen LogP contribution in [0.25, 0.3) is 0 Å². The second-order valence-corrected chi connectivity index (χ2v) is 7.35. The highest BCUT2D eigenvalue weighted by Crippen LogP contribution is 2.39. The summed E-state index contributed by atoms with van der Waals surface area (Å²) in [5.74, 6) is 0.630. The molecule has 1 saturated carbocycles. The standard InChI is InChI=1S/C18H29N3O2/c1-2-15-12-21(13-16(15)20-8-10-23-11-9-20)17(22)18(14-19)6-4-3-5-7-18/h15-16H,2-13H2,1H3/t15-,16+/m1/s1. The maximum absolute atomic E-state index is 13.1. The molecule has 0 aromatic rings. The predicted octanol–water partition coefficient (Wildman–Crippen LogP) is 2.03. The van der Waals surface area contributed by atoms with E-state index in [1.165, 1.54) is 0 Å². The van der Waals surface area contributed by atoms with E-state index < -0.39 is 5.41 Å². The van der Waals surface area contributed by atoms with Crippen LogP contribution in [0.1, 0.15) is 45.4 Å². The summed E-state index contributed by atoms with van der Waals surface area (Å²) in [5.41, 5.74) is -0.740. The van der Waals surface area contributed by atoms with Gasteiger partial charge in [-0.3, -0.25) is 9.69 Å². The molecule has 5 heteroatoms. The van der Waals surface area contributed by atoms with E-state index in [0.717, 1.165) is 77.9 Å². The molecule has 3 fully saturated rings. The number of amides is 1. The maximum atomic E-state index is 13.1. The van der Waals surface area contributed by atoms with Crippen molar-refractivity contribution < 1.29 is 9.53 Å². The van der Waals surface area contributed by atoms with Crippen molar-refractivity contribution in [3.05, 3.63) is 0 Å². The largest absolute Gasteiger partial charge is 0.379 e. The quantitative estimate of drug-likeness (QED) is 0.799. The Labute approximate surface area is 139 Å². The molecule has 2 atom stereocenters. The minimum Gasteiger partial charge on any atom is -0.379 e. The molecule has 2 saturated heterocycles. The van der Waals surface area contributed by atoms with Gasteiger partial charge in [-0.2, -0.15) is 5.26 Å². The first kappa shape index (κ1) is 16.7. The average Bonchev–Trinajstić information content (AvgIpc) is 3.06. The molecule has 1 aliphatic carbocycles. The molecule has 3 aliphatic rings. The smallest absolute Gasteiger partial charge is 0.243 e. The van der Waals surface area contributed by atoms with Crippen LogP contribution in [-0.4, -0.2) is 61.1 Å². The number of ether oxygens (including phenoxy) is 1. The predicted molar refractivity (Wildman–Crippen MR) is 87.7 cm³/mol. The highest BCUT2D eigenvalue weighted by Gasteiger charge is 2.46. The van der Waals surface area contributed by atoms with E-state index in [1.54, 1.807) is 0 Å². The summed E-state index contributed by atoms with van der Waals surface area (Å²) in [7, 11) is 0. The lowest BCUT2D eigenvalue weighted by Gasteiger charge is -2.35. The van der Waals surface area contributed by atoms with Gasteiger partial charge in [0.05, 0.1) is 19.3 Å². The van der Waals surface area contributed by atoms with Gasteiger partial charge in [-0.15, -0.1) is 0 Å². The van der Waals surface area contributed by atoms with Crippen molar-refractivity contribution in [2.24, 2.45) is 11.3 Å². The Balaban J connectivity index is 1.70. The Morgan fingerprint density at radius 1 is 1.22 bits per heavy atom. The molecule has 0 radical (unpaired) electrons. The minimum atomic E-state index is -0.740. The van der Waals surface area contributed by atoms with Gasteiger partial charge in [0.2, 0.25) is 5.91 Å². The van der Waals surface area contributed by atoms with Gasteiger partial charge in [0.1, 0.15) is 5.41 Å². The molecule has 5 nitrogen and oxygen atoms in total. The zero-order chi connectivity index (χ0) is 16.3. The summed E-state index contributed by atoms with van der Waals surface area (Å²) in [4.78, 5) is 17.6. The van der Waals surface area contributed by atoms with E-state index in [2.05, 4.69) is 17.9 Å². The molecule has 0 aromatic carbocycles. The lowest BCUT2D eigenvalue weighted by molar-refractivity contribution is -0.139. The van der Waals surface area contributed by atoms with Crippen molar-refractivity contribution in [3.8, 4) is 6.07 Å². The van der Waals surface area contributed by atoms with Crippen LogP contribution in [0.2, 0.25) is 0 Å². The molecule has 0 N–H and O–H groups in total. The van der Waals surface area contributed by atoms with E-state index in [4.69, 9.17) is 4.74 Å². The van der Waals surface area contributed by atoms with Crippen LogP contribution in [0, 0.1) is 22.7 Å². The first-order chi connectivity index (χ1) is 11.2. The third kappa shape index (κ3) is 3.25. The summed E-state index contributed by atoms with van der Waals surface area (Å²) >= 11 is 0. The van der Waals surface area contributed by atoms with Crippen LogP contribution in [0.15, 0.2) is 0 Å². The summed E-state index contributed by atoms with van der Waals surface area (Å²) in [6.45, 7) is 7.35. The number of hydrogen-bond donors (Lipinski definition) is 0. The van der Waals surface area contributed by atoms with Crippen molar-refractivity contribution in [3.63, 3.8) is 0 Å². The number of carbonyl (C=O) groups excluding carboxylic acids is 1. The Kier molecular flexibility index (Phi) is 5.23. The van der Waals surface area contributed by atoms with E-state index in [9.17, 15) is 10.1 Å². The van der Waals surface area contributed by atoms with Crippen LogP contribution < -0.4 is 0 Å². The van der Waals surface area contributed by atoms with Gasteiger partial charge in [-0.25, -0.2) is 0 Å². The van der Waals surface area contributed by atoms with Crippen LogP contribution in [0.5, 0.6) is 0 Å². The number of likely N-dealkylation sites (tertiary alicyclic amines) is 1. The summed E-state index contributed by atoms with van der Waals surface area (Å²) < 4.78 is 5.47. The Morgan fingerprint density at radius 2 is 1.91 bits per heavy atom. The monoisotopic (exact) mass is 319 g/mol. The number of nitriles is 1. The highest BCUT2D eigenvalue weighted by atomic mass is 16.5. The van der Waals surface area contributed by atoms with Crippen molar-refractivity contribution in [2.45, 2.75) is 51.5 Å². The molecule has 23 heavy (non-hydrogen) atoms. The molecular formula is C18H29N3O2. The molecule has 1 amide bonds. The summed E-state index contributed by atoms with van der Waals surface area (Å²) in [6.07, 6.45) is 5.76. The minimum absolute atomic E-state index is 0.105. The molecule has 2 aliphatic heterocycles. The molecular weight excluding hydrogens is 290 g/mol. The highest BCUT2D eigenvalue weighted by molar-refractivity contribution is 5.86. The van der Waals surface area contributed by atoms with E-state index in [-0.39, 0.29) is 5.91 Å². The zero-order valence-corrected chi connectivity index (χ0v) is 14.3.